The highest BCUT2D eigenvalue weighted by Gasteiger charge is 2.08. The van der Waals surface area contributed by atoms with Gasteiger partial charge in [-0.05, 0) is 13.8 Å². The fraction of sp³-hybridized carbons (Fsp3) is 0.385. The first-order valence-electron chi connectivity index (χ1n) is 5.56. The Balaban J connectivity index is 2.31. The molecule has 1 amide bonds. The lowest BCUT2D eigenvalue weighted by molar-refractivity contribution is -0.126. The molecule has 0 unspecified atom stereocenters. The summed E-state index contributed by atoms with van der Waals surface area (Å²) >= 11 is 0. The minimum absolute atomic E-state index is 0.00427. The van der Waals surface area contributed by atoms with Crippen LogP contribution in [0.5, 0.6) is 0 Å². The lowest BCUT2D eigenvalue weighted by atomic mass is 10.1. The molecule has 1 rings (SSSR count). The Hall–Kier alpha value is -1.68. The minimum atomic E-state index is -0.275. The van der Waals surface area contributed by atoms with Crippen LogP contribution in [0.1, 0.15) is 24.2 Å². The van der Waals surface area contributed by atoms with E-state index in [-0.39, 0.29) is 30.9 Å². The van der Waals surface area contributed by atoms with Gasteiger partial charge in [0.2, 0.25) is 5.91 Å². The number of rotatable bonds is 6. The summed E-state index contributed by atoms with van der Waals surface area (Å²) in [6.45, 7) is 3.69. The van der Waals surface area contributed by atoms with E-state index in [1.807, 2.05) is 19.9 Å². The van der Waals surface area contributed by atoms with Crippen LogP contribution in [0.4, 0.5) is 0 Å². The number of carbonyl (C=O) groups is 2. The highest BCUT2D eigenvalue weighted by molar-refractivity contribution is 5.99. The smallest absolute Gasteiger partial charge is 0.246 e. The average Bonchev–Trinajstić information content (AvgIpc) is 2.34. The number of nitrogens with one attached hydrogen (secondary N) is 1. The fourth-order valence-corrected chi connectivity index (χ4v) is 1.20. The molecule has 0 aliphatic rings. The van der Waals surface area contributed by atoms with E-state index in [0.717, 1.165) is 0 Å². The molecule has 4 heteroatoms. The van der Waals surface area contributed by atoms with Crippen molar-refractivity contribution in [1.29, 1.82) is 0 Å². The van der Waals surface area contributed by atoms with Crippen LogP contribution in [-0.2, 0) is 9.53 Å². The Bertz CT molecular complexity index is 374. The first-order chi connectivity index (χ1) is 8.09. The molecular formula is C13H17NO3. The van der Waals surface area contributed by atoms with Crippen molar-refractivity contribution in [3.63, 3.8) is 0 Å². The molecule has 0 aromatic heterocycles. The van der Waals surface area contributed by atoms with Crippen LogP contribution in [0.3, 0.4) is 0 Å². The molecule has 0 aliphatic carbocycles. The number of amides is 1. The highest BCUT2D eigenvalue weighted by atomic mass is 16.5. The van der Waals surface area contributed by atoms with E-state index in [1.54, 1.807) is 24.3 Å². The topological polar surface area (TPSA) is 55.4 Å². The van der Waals surface area contributed by atoms with Crippen molar-refractivity contribution >= 4 is 11.7 Å². The van der Waals surface area contributed by atoms with Gasteiger partial charge in [-0.2, -0.15) is 0 Å². The molecule has 0 bridgehead atoms. The van der Waals surface area contributed by atoms with Crippen molar-refractivity contribution in [2.24, 2.45) is 0 Å². The zero-order chi connectivity index (χ0) is 12.7. The third kappa shape index (κ3) is 5.26. The SMILES string of the molecule is CC(C)OCC(=O)NCC(=O)c1ccccc1. The van der Waals surface area contributed by atoms with Gasteiger partial charge in [-0.25, -0.2) is 0 Å². The number of Topliss-reactive ketones (excluding diaryl/α,β-unsaturated/α-hetero) is 1. The zero-order valence-corrected chi connectivity index (χ0v) is 10.1. The molecule has 1 aromatic rings. The second kappa shape index (κ2) is 6.81. The summed E-state index contributed by atoms with van der Waals surface area (Å²) in [6.07, 6.45) is 0.00516. The van der Waals surface area contributed by atoms with Gasteiger partial charge in [0.1, 0.15) is 6.61 Å². The number of benzene rings is 1. The maximum atomic E-state index is 11.6. The van der Waals surface area contributed by atoms with Crippen LogP contribution >= 0.6 is 0 Å². The molecule has 0 atom stereocenters. The van der Waals surface area contributed by atoms with Crippen LogP contribution in [0.15, 0.2) is 30.3 Å². The Morgan fingerprint density at radius 3 is 2.47 bits per heavy atom. The summed E-state index contributed by atoms with van der Waals surface area (Å²) in [5, 5.41) is 2.52. The Kier molecular flexibility index (Phi) is 5.36. The Labute approximate surface area is 101 Å². The quantitative estimate of drug-likeness (QED) is 0.758. The third-order valence-corrected chi connectivity index (χ3v) is 2.09. The van der Waals surface area contributed by atoms with Crippen LogP contribution in [0.25, 0.3) is 0 Å². The number of carbonyl (C=O) groups excluding carboxylic acids is 2. The number of ketones is 1. The van der Waals surface area contributed by atoms with E-state index >= 15 is 0 Å². The van der Waals surface area contributed by atoms with Gasteiger partial charge in [0, 0.05) is 5.56 Å². The van der Waals surface area contributed by atoms with Crippen molar-refractivity contribution in [2.75, 3.05) is 13.2 Å². The molecule has 0 saturated carbocycles. The maximum absolute atomic E-state index is 11.6. The van der Waals surface area contributed by atoms with Crippen molar-refractivity contribution in [2.45, 2.75) is 20.0 Å². The summed E-state index contributed by atoms with van der Waals surface area (Å²) in [7, 11) is 0. The summed E-state index contributed by atoms with van der Waals surface area (Å²) in [5.41, 5.74) is 0.595. The van der Waals surface area contributed by atoms with Gasteiger partial charge in [-0.1, -0.05) is 30.3 Å². The van der Waals surface area contributed by atoms with E-state index in [2.05, 4.69) is 5.32 Å². The molecule has 0 saturated heterocycles. The van der Waals surface area contributed by atoms with E-state index in [4.69, 9.17) is 4.74 Å². The zero-order valence-electron chi connectivity index (χ0n) is 10.1. The van der Waals surface area contributed by atoms with Crippen LogP contribution < -0.4 is 5.32 Å². The minimum Gasteiger partial charge on any atom is -0.369 e. The summed E-state index contributed by atoms with van der Waals surface area (Å²) in [5.74, 6) is -0.383. The molecule has 4 nitrogen and oxygen atoms in total. The molecule has 0 aliphatic heterocycles. The fourth-order valence-electron chi connectivity index (χ4n) is 1.20. The lowest BCUT2D eigenvalue weighted by Gasteiger charge is -2.07. The largest absolute Gasteiger partial charge is 0.369 e. The molecule has 17 heavy (non-hydrogen) atoms. The first kappa shape index (κ1) is 13.4. The molecular weight excluding hydrogens is 218 g/mol. The second-order valence-corrected chi connectivity index (χ2v) is 3.93. The van der Waals surface area contributed by atoms with Gasteiger partial charge < -0.3 is 10.1 Å². The monoisotopic (exact) mass is 235 g/mol. The third-order valence-electron chi connectivity index (χ3n) is 2.09. The second-order valence-electron chi connectivity index (χ2n) is 3.93. The molecule has 0 radical (unpaired) electrons. The molecule has 0 heterocycles. The van der Waals surface area contributed by atoms with Gasteiger partial charge >= 0.3 is 0 Å². The number of ether oxygens (including phenoxy) is 1. The Morgan fingerprint density at radius 2 is 1.88 bits per heavy atom. The molecule has 92 valence electrons. The van der Waals surface area contributed by atoms with E-state index in [0.29, 0.717) is 5.56 Å². The standard InChI is InChI=1S/C13H17NO3/c1-10(2)17-9-13(16)14-8-12(15)11-6-4-3-5-7-11/h3-7,10H,8-9H2,1-2H3,(H,14,16). The summed E-state index contributed by atoms with van der Waals surface area (Å²) in [6, 6.07) is 8.86. The lowest BCUT2D eigenvalue weighted by Crippen LogP contribution is -2.33. The average molecular weight is 235 g/mol. The van der Waals surface area contributed by atoms with Crippen molar-refractivity contribution in [3.8, 4) is 0 Å². The van der Waals surface area contributed by atoms with E-state index in [1.165, 1.54) is 0 Å². The van der Waals surface area contributed by atoms with Gasteiger partial charge in [0.15, 0.2) is 5.78 Å². The first-order valence-corrected chi connectivity index (χ1v) is 5.56. The van der Waals surface area contributed by atoms with Gasteiger partial charge in [-0.3, -0.25) is 9.59 Å². The van der Waals surface area contributed by atoms with Crippen molar-refractivity contribution < 1.29 is 14.3 Å². The van der Waals surface area contributed by atoms with E-state index < -0.39 is 0 Å². The molecule has 1 aromatic carbocycles. The van der Waals surface area contributed by atoms with Crippen molar-refractivity contribution in [1.82, 2.24) is 5.32 Å². The Morgan fingerprint density at radius 1 is 1.24 bits per heavy atom. The highest BCUT2D eigenvalue weighted by Crippen LogP contribution is 1.98. The normalized spacial score (nSPS) is 10.3. The van der Waals surface area contributed by atoms with Gasteiger partial charge in [0.05, 0.1) is 12.6 Å². The van der Waals surface area contributed by atoms with Crippen molar-refractivity contribution in [3.05, 3.63) is 35.9 Å². The number of hydrogen-bond acceptors (Lipinski definition) is 3. The molecule has 1 N–H and O–H groups in total. The number of hydrogen-bond donors (Lipinski definition) is 1. The summed E-state index contributed by atoms with van der Waals surface area (Å²) in [4.78, 5) is 22.9. The molecule has 0 fully saturated rings. The molecule has 0 spiro atoms. The van der Waals surface area contributed by atoms with Crippen LogP contribution in [-0.4, -0.2) is 30.9 Å². The maximum Gasteiger partial charge on any atom is 0.246 e. The van der Waals surface area contributed by atoms with Crippen LogP contribution in [0, 0.1) is 0 Å². The predicted octanol–water partition coefficient (Wildman–Crippen LogP) is 1.41. The van der Waals surface area contributed by atoms with Crippen LogP contribution in [0.2, 0.25) is 0 Å². The van der Waals surface area contributed by atoms with Gasteiger partial charge in [0.25, 0.3) is 0 Å². The van der Waals surface area contributed by atoms with E-state index in [9.17, 15) is 9.59 Å². The predicted molar refractivity (Wildman–Crippen MR) is 64.9 cm³/mol. The van der Waals surface area contributed by atoms with Gasteiger partial charge in [-0.15, -0.1) is 0 Å². The summed E-state index contributed by atoms with van der Waals surface area (Å²) < 4.78 is 5.12.